The van der Waals surface area contributed by atoms with Gasteiger partial charge in [0.25, 0.3) is 0 Å². The van der Waals surface area contributed by atoms with Crippen LogP contribution in [0, 0.1) is 0 Å². The standard InChI is InChI=1S/C15H15NO/c1-3-12-4-6-13(7-5-12)14-8-9-15(11(2)17)16-10-14/h4-10H,3H2,1-2H3. The summed E-state index contributed by atoms with van der Waals surface area (Å²) in [5.74, 6) is -0.00196. The molecular weight excluding hydrogens is 210 g/mol. The molecule has 0 aliphatic heterocycles. The summed E-state index contributed by atoms with van der Waals surface area (Å²) in [5, 5.41) is 0. The second-order valence-electron chi connectivity index (χ2n) is 4.04. The third kappa shape index (κ3) is 2.59. The fourth-order valence-corrected chi connectivity index (χ4v) is 1.71. The fraction of sp³-hybridized carbons (Fsp3) is 0.200. The largest absolute Gasteiger partial charge is 0.293 e. The zero-order chi connectivity index (χ0) is 12.3. The summed E-state index contributed by atoms with van der Waals surface area (Å²) >= 11 is 0. The van der Waals surface area contributed by atoms with Crippen LogP contribution in [0.4, 0.5) is 0 Å². The minimum absolute atomic E-state index is 0.00196. The van der Waals surface area contributed by atoms with Crippen molar-refractivity contribution in [3.8, 4) is 11.1 Å². The van der Waals surface area contributed by atoms with Crippen molar-refractivity contribution in [2.75, 3.05) is 0 Å². The lowest BCUT2D eigenvalue weighted by atomic mass is 10.0. The Kier molecular flexibility index (Phi) is 3.33. The van der Waals surface area contributed by atoms with Crippen molar-refractivity contribution in [2.45, 2.75) is 20.3 Å². The molecule has 2 aromatic rings. The maximum absolute atomic E-state index is 11.1. The molecule has 0 aliphatic carbocycles. The number of pyridine rings is 1. The van der Waals surface area contributed by atoms with Crippen molar-refractivity contribution in [1.82, 2.24) is 4.98 Å². The first kappa shape index (κ1) is 11.5. The van der Waals surface area contributed by atoms with Crippen LogP contribution in [0.25, 0.3) is 11.1 Å². The van der Waals surface area contributed by atoms with Crippen molar-refractivity contribution in [2.24, 2.45) is 0 Å². The number of carbonyl (C=O) groups excluding carboxylic acids is 1. The second-order valence-corrected chi connectivity index (χ2v) is 4.04. The highest BCUT2D eigenvalue weighted by atomic mass is 16.1. The first-order valence-electron chi connectivity index (χ1n) is 5.77. The van der Waals surface area contributed by atoms with E-state index in [0.29, 0.717) is 5.69 Å². The Morgan fingerprint density at radius 3 is 2.18 bits per heavy atom. The molecule has 0 saturated heterocycles. The third-order valence-corrected chi connectivity index (χ3v) is 2.82. The first-order chi connectivity index (χ1) is 8.20. The first-order valence-corrected chi connectivity index (χ1v) is 5.77. The van der Waals surface area contributed by atoms with E-state index < -0.39 is 0 Å². The summed E-state index contributed by atoms with van der Waals surface area (Å²) in [5.41, 5.74) is 4.00. The predicted molar refractivity (Wildman–Crippen MR) is 69.1 cm³/mol. The Bertz CT molecular complexity index is 512. The molecular formula is C15H15NO. The third-order valence-electron chi connectivity index (χ3n) is 2.82. The molecule has 0 aliphatic rings. The van der Waals surface area contributed by atoms with E-state index in [1.165, 1.54) is 12.5 Å². The van der Waals surface area contributed by atoms with Crippen molar-refractivity contribution < 1.29 is 4.79 Å². The molecule has 2 nitrogen and oxygen atoms in total. The van der Waals surface area contributed by atoms with Crippen LogP contribution in [0.2, 0.25) is 0 Å². The van der Waals surface area contributed by atoms with Gasteiger partial charge >= 0.3 is 0 Å². The number of aryl methyl sites for hydroxylation is 1. The normalized spacial score (nSPS) is 10.2. The van der Waals surface area contributed by atoms with Crippen LogP contribution in [0.5, 0.6) is 0 Å². The number of hydrogen-bond donors (Lipinski definition) is 0. The van der Waals surface area contributed by atoms with Gasteiger partial charge in [0.05, 0.1) is 0 Å². The number of Topliss-reactive ketones (excluding diaryl/α,β-unsaturated/α-hetero) is 1. The Labute approximate surface area is 101 Å². The van der Waals surface area contributed by atoms with Gasteiger partial charge in [0, 0.05) is 18.7 Å². The molecule has 17 heavy (non-hydrogen) atoms. The SMILES string of the molecule is CCc1ccc(-c2ccc(C(C)=O)nc2)cc1. The van der Waals surface area contributed by atoms with Crippen LogP contribution >= 0.6 is 0 Å². The van der Waals surface area contributed by atoms with Crippen molar-refractivity contribution >= 4 is 5.78 Å². The zero-order valence-electron chi connectivity index (χ0n) is 10.1. The number of aromatic nitrogens is 1. The summed E-state index contributed by atoms with van der Waals surface area (Å²) in [7, 11) is 0. The summed E-state index contributed by atoms with van der Waals surface area (Å²) in [6, 6.07) is 12.1. The highest BCUT2D eigenvalue weighted by Crippen LogP contribution is 2.19. The van der Waals surface area contributed by atoms with Crippen molar-refractivity contribution in [3.05, 3.63) is 53.9 Å². The van der Waals surface area contributed by atoms with Gasteiger partial charge < -0.3 is 0 Å². The molecule has 0 spiro atoms. The second kappa shape index (κ2) is 4.91. The quantitative estimate of drug-likeness (QED) is 0.748. The molecule has 1 aromatic heterocycles. The monoisotopic (exact) mass is 225 g/mol. The molecule has 1 aromatic carbocycles. The Morgan fingerprint density at radius 1 is 1.06 bits per heavy atom. The molecule has 1 heterocycles. The van der Waals surface area contributed by atoms with Gasteiger partial charge in [0.15, 0.2) is 5.78 Å². The zero-order valence-corrected chi connectivity index (χ0v) is 10.1. The van der Waals surface area contributed by atoms with E-state index >= 15 is 0 Å². The van der Waals surface area contributed by atoms with Gasteiger partial charge in [-0.2, -0.15) is 0 Å². The molecule has 0 saturated carbocycles. The number of ketones is 1. The van der Waals surface area contributed by atoms with Crippen LogP contribution in [0.1, 0.15) is 29.9 Å². The lowest BCUT2D eigenvalue weighted by Gasteiger charge is -2.03. The number of rotatable bonds is 3. The van der Waals surface area contributed by atoms with E-state index in [1.54, 1.807) is 12.3 Å². The van der Waals surface area contributed by atoms with Gasteiger partial charge in [-0.3, -0.25) is 9.78 Å². The number of carbonyl (C=O) groups is 1. The average molecular weight is 225 g/mol. The number of nitrogens with zero attached hydrogens (tertiary/aromatic N) is 1. The van der Waals surface area contributed by atoms with Gasteiger partial charge in [-0.15, -0.1) is 0 Å². The molecule has 0 unspecified atom stereocenters. The summed E-state index contributed by atoms with van der Waals surface area (Å²) in [4.78, 5) is 15.3. The highest BCUT2D eigenvalue weighted by Gasteiger charge is 2.02. The van der Waals surface area contributed by atoms with Crippen molar-refractivity contribution in [1.29, 1.82) is 0 Å². The molecule has 2 rings (SSSR count). The van der Waals surface area contributed by atoms with Crippen LogP contribution in [-0.2, 0) is 6.42 Å². The molecule has 0 radical (unpaired) electrons. The smallest absolute Gasteiger partial charge is 0.178 e. The summed E-state index contributed by atoms with van der Waals surface area (Å²) in [6.07, 6.45) is 2.79. The van der Waals surface area contributed by atoms with Gasteiger partial charge in [-0.25, -0.2) is 0 Å². The summed E-state index contributed by atoms with van der Waals surface area (Å²) in [6.45, 7) is 3.66. The lowest BCUT2D eigenvalue weighted by Crippen LogP contribution is -1.95. The summed E-state index contributed by atoms with van der Waals surface area (Å²) < 4.78 is 0. The minimum Gasteiger partial charge on any atom is -0.293 e. The average Bonchev–Trinajstić information content (AvgIpc) is 2.39. The van der Waals surface area contributed by atoms with Crippen molar-refractivity contribution in [3.63, 3.8) is 0 Å². The Balaban J connectivity index is 2.29. The fourth-order valence-electron chi connectivity index (χ4n) is 1.71. The Hall–Kier alpha value is -1.96. The molecule has 0 atom stereocenters. The van der Waals surface area contributed by atoms with E-state index in [-0.39, 0.29) is 5.78 Å². The predicted octanol–water partition coefficient (Wildman–Crippen LogP) is 3.51. The molecule has 0 amide bonds. The molecule has 2 heteroatoms. The van der Waals surface area contributed by atoms with Gasteiger partial charge in [0.1, 0.15) is 5.69 Å². The van der Waals surface area contributed by atoms with Crippen LogP contribution in [0.3, 0.4) is 0 Å². The van der Waals surface area contributed by atoms with E-state index in [9.17, 15) is 4.79 Å². The lowest BCUT2D eigenvalue weighted by molar-refractivity contribution is 0.101. The van der Waals surface area contributed by atoms with Gasteiger partial charge in [-0.1, -0.05) is 37.3 Å². The van der Waals surface area contributed by atoms with E-state index in [2.05, 4.69) is 36.2 Å². The topological polar surface area (TPSA) is 30.0 Å². The minimum atomic E-state index is -0.00196. The molecule has 0 fully saturated rings. The van der Waals surface area contributed by atoms with E-state index in [0.717, 1.165) is 17.5 Å². The highest BCUT2D eigenvalue weighted by molar-refractivity contribution is 5.92. The van der Waals surface area contributed by atoms with E-state index in [1.807, 2.05) is 6.07 Å². The number of hydrogen-bond acceptors (Lipinski definition) is 2. The van der Waals surface area contributed by atoms with Crippen LogP contribution in [-0.4, -0.2) is 10.8 Å². The van der Waals surface area contributed by atoms with Gasteiger partial charge in [0.2, 0.25) is 0 Å². The maximum atomic E-state index is 11.1. The van der Waals surface area contributed by atoms with Gasteiger partial charge in [-0.05, 0) is 23.6 Å². The van der Waals surface area contributed by atoms with Crippen LogP contribution < -0.4 is 0 Å². The maximum Gasteiger partial charge on any atom is 0.178 e. The number of benzene rings is 1. The molecule has 0 bridgehead atoms. The molecule has 86 valence electrons. The van der Waals surface area contributed by atoms with Crippen LogP contribution in [0.15, 0.2) is 42.6 Å². The Morgan fingerprint density at radius 2 is 1.71 bits per heavy atom. The molecule has 0 N–H and O–H groups in total. The van der Waals surface area contributed by atoms with E-state index in [4.69, 9.17) is 0 Å².